The summed E-state index contributed by atoms with van der Waals surface area (Å²) in [4.78, 5) is 22.5. The van der Waals surface area contributed by atoms with Gasteiger partial charge in [-0.3, -0.25) is 4.79 Å². The highest BCUT2D eigenvalue weighted by molar-refractivity contribution is 5.93. The number of ether oxygens (including phenoxy) is 1. The molecule has 2 rings (SSSR count). The molecule has 0 spiro atoms. The molecule has 0 unspecified atom stereocenters. The van der Waals surface area contributed by atoms with Crippen molar-refractivity contribution in [1.29, 1.82) is 0 Å². The Morgan fingerprint density at radius 2 is 2.23 bits per heavy atom. The fourth-order valence-electron chi connectivity index (χ4n) is 2.86. The first-order valence-electron chi connectivity index (χ1n) is 7.53. The summed E-state index contributed by atoms with van der Waals surface area (Å²) >= 11 is 0. The normalized spacial score (nSPS) is 21.7. The first-order chi connectivity index (χ1) is 10.6. The lowest BCUT2D eigenvalue weighted by Gasteiger charge is -2.41. The van der Waals surface area contributed by atoms with Gasteiger partial charge in [0.25, 0.3) is 5.91 Å². The van der Waals surface area contributed by atoms with Crippen LogP contribution in [-0.2, 0) is 4.74 Å². The summed E-state index contributed by atoms with van der Waals surface area (Å²) in [7, 11) is 3.38. The van der Waals surface area contributed by atoms with Gasteiger partial charge in [-0.2, -0.15) is 0 Å². The van der Waals surface area contributed by atoms with E-state index < -0.39 is 0 Å². The molecule has 1 aliphatic heterocycles. The van der Waals surface area contributed by atoms with Gasteiger partial charge in [-0.1, -0.05) is 0 Å². The van der Waals surface area contributed by atoms with Crippen molar-refractivity contribution in [2.75, 3.05) is 45.8 Å². The van der Waals surface area contributed by atoms with Crippen molar-refractivity contribution in [1.82, 2.24) is 14.9 Å². The fraction of sp³-hybridized carbons (Fsp3) is 0.667. The molecule has 1 atom stereocenters. The van der Waals surface area contributed by atoms with Gasteiger partial charge in [0, 0.05) is 51.7 Å². The molecule has 122 valence electrons. The number of aromatic nitrogens is 2. The number of aliphatic hydroxyl groups excluding tert-OH is 1. The molecule has 7 nitrogen and oxygen atoms in total. The second kappa shape index (κ2) is 7.51. The summed E-state index contributed by atoms with van der Waals surface area (Å²) in [5, 5.41) is 12.6. The van der Waals surface area contributed by atoms with Crippen LogP contribution in [0.3, 0.4) is 0 Å². The number of carbonyl (C=O) groups is 1. The molecule has 2 heterocycles. The molecule has 0 bridgehead atoms. The van der Waals surface area contributed by atoms with Crippen molar-refractivity contribution in [2.24, 2.45) is 5.41 Å². The zero-order valence-corrected chi connectivity index (χ0v) is 13.2. The van der Waals surface area contributed by atoms with E-state index in [4.69, 9.17) is 4.74 Å². The minimum absolute atomic E-state index is 0.0648. The summed E-state index contributed by atoms with van der Waals surface area (Å²) in [6.07, 6.45) is 5.60. The van der Waals surface area contributed by atoms with Crippen molar-refractivity contribution in [3.05, 3.63) is 18.0 Å². The number of hydrogen-bond donors (Lipinski definition) is 2. The average molecular weight is 308 g/mol. The Balaban J connectivity index is 2.08. The number of aliphatic hydroxyl groups is 1. The molecule has 0 radical (unpaired) electrons. The quantitative estimate of drug-likeness (QED) is 0.807. The van der Waals surface area contributed by atoms with Gasteiger partial charge in [0.1, 0.15) is 0 Å². The smallest absolute Gasteiger partial charge is 0.257 e. The van der Waals surface area contributed by atoms with Gasteiger partial charge in [-0.25, -0.2) is 9.97 Å². The SMILES string of the molecule is CNc1ncc(C(=O)N2CCC[C@](CO)(CCOC)C2)cn1. The minimum atomic E-state index is -0.268. The maximum Gasteiger partial charge on any atom is 0.257 e. The molecule has 1 fully saturated rings. The Morgan fingerprint density at radius 3 is 2.82 bits per heavy atom. The van der Waals surface area contributed by atoms with Crippen LogP contribution in [0.2, 0.25) is 0 Å². The molecular weight excluding hydrogens is 284 g/mol. The molecule has 0 aromatic carbocycles. The Bertz CT molecular complexity index is 494. The second-order valence-electron chi connectivity index (χ2n) is 5.78. The third-order valence-electron chi connectivity index (χ3n) is 4.24. The number of methoxy groups -OCH3 is 1. The highest BCUT2D eigenvalue weighted by atomic mass is 16.5. The molecule has 7 heteroatoms. The molecule has 0 saturated carbocycles. The first-order valence-corrected chi connectivity index (χ1v) is 7.53. The predicted molar refractivity (Wildman–Crippen MR) is 82.7 cm³/mol. The molecule has 1 saturated heterocycles. The van der Waals surface area contributed by atoms with E-state index in [2.05, 4.69) is 15.3 Å². The fourth-order valence-corrected chi connectivity index (χ4v) is 2.86. The molecule has 1 amide bonds. The van der Waals surface area contributed by atoms with Crippen LogP contribution in [0.4, 0.5) is 5.95 Å². The molecule has 1 aliphatic rings. The lowest BCUT2D eigenvalue weighted by Crippen LogP contribution is -2.48. The highest BCUT2D eigenvalue weighted by Gasteiger charge is 2.36. The minimum Gasteiger partial charge on any atom is -0.396 e. The standard InChI is InChI=1S/C15H24N4O3/c1-16-14-17-8-12(9-18-14)13(21)19-6-3-4-15(10-19,11-20)5-7-22-2/h8-9,20H,3-7,10-11H2,1-2H3,(H,16,17,18)/t15-/m0/s1. The van der Waals surface area contributed by atoms with E-state index in [1.165, 1.54) is 12.4 Å². The zero-order valence-electron chi connectivity index (χ0n) is 13.2. The number of likely N-dealkylation sites (tertiary alicyclic amines) is 1. The van der Waals surface area contributed by atoms with Crippen LogP contribution in [-0.4, -0.2) is 66.3 Å². The van der Waals surface area contributed by atoms with Crippen molar-refractivity contribution in [3.63, 3.8) is 0 Å². The number of piperidine rings is 1. The van der Waals surface area contributed by atoms with E-state index in [9.17, 15) is 9.90 Å². The van der Waals surface area contributed by atoms with Gasteiger partial charge in [0.15, 0.2) is 0 Å². The first kappa shape index (κ1) is 16.6. The monoisotopic (exact) mass is 308 g/mol. The molecule has 1 aromatic rings. The highest BCUT2D eigenvalue weighted by Crippen LogP contribution is 2.33. The number of amides is 1. The van der Waals surface area contributed by atoms with Gasteiger partial charge in [0.2, 0.25) is 5.95 Å². The maximum absolute atomic E-state index is 12.6. The summed E-state index contributed by atoms with van der Waals surface area (Å²) < 4.78 is 5.14. The average Bonchev–Trinajstić information content (AvgIpc) is 2.59. The van der Waals surface area contributed by atoms with Crippen molar-refractivity contribution in [2.45, 2.75) is 19.3 Å². The van der Waals surface area contributed by atoms with Crippen molar-refractivity contribution < 1.29 is 14.6 Å². The Morgan fingerprint density at radius 1 is 1.50 bits per heavy atom. The van der Waals surface area contributed by atoms with Gasteiger partial charge >= 0.3 is 0 Å². The lowest BCUT2D eigenvalue weighted by atomic mass is 9.78. The van der Waals surface area contributed by atoms with Gasteiger partial charge in [-0.15, -0.1) is 0 Å². The van der Waals surface area contributed by atoms with Crippen LogP contribution in [0, 0.1) is 5.41 Å². The van der Waals surface area contributed by atoms with E-state index >= 15 is 0 Å². The van der Waals surface area contributed by atoms with Crippen LogP contribution < -0.4 is 5.32 Å². The number of hydrogen-bond acceptors (Lipinski definition) is 6. The Kier molecular flexibility index (Phi) is 5.68. The number of carbonyl (C=O) groups excluding carboxylic acids is 1. The largest absolute Gasteiger partial charge is 0.396 e. The predicted octanol–water partition coefficient (Wildman–Crippen LogP) is 0.769. The molecular formula is C15H24N4O3. The number of anilines is 1. The van der Waals surface area contributed by atoms with Gasteiger partial charge in [0.05, 0.1) is 12.2 Å². The zero-order chi connectivity index (χ0) is 16.0. The number of rotatable bonds is 6. The van der Waals surface area contributed by atoms with E-state index in [0.29, 0.717) is 31.2 Å². The molecule has 2 N–H and O–H groups in total. The van der Waals surface area contributed by atoms with Crippen LogP contribution in [0.5, 0.6) is 0 Å². The van der Waals surface area contributed by atoms with Crippen LogP contribution in [0.25, 0.3) is 0 Å². The summed E-state index contributed by atoms with van der Waals surface area (Å²) in [6, 6.07) is 0. The third kappa shape index (κ3) is 3.72. The topological polar surface area (TPSA) is 87.6 Å². The third-order valence-corrected chi connectivity index (χ3v) is 4.24. The van der Waals surface area contributed by atoms with E-state index in [1.54, 1.807) is 19.1 Å². The van der Waals surface area contributed by atoms with E-state index in [-0.39, 0.29) is 17.9 Å². The summed E-state index contributed by atoms with van der Waals surface area (Å²) in [5.41, 5.74) is 0.204. The summed E-state index contributed by atoms with van der Waals surface area (Å²) in [5.74, 6) is 0.401. The number of nitrogens with one attached hydrogen (secondary N) is 1. The van der Waals surface area contributed by atoms with Crippen molar-refractivity contribution >= 4 is 11.9 Å². The van der Waals surface area contributed by atoms with E-state index in [0.717, 1.165) is 19.3 Å². The Labute approximate surface area is 130 Å². The van der Waals surface area contributed by atoms with Crippen LogP contribution >= 0.6 is 0 Å². The van der Waals surface area contributed by atoms with E-state index in [1.807, 2.05) is 0 Å². The molecule has 22 heavy (non-hydrogen) atoms. The lowest BCUT2D eigenvalue weighted by molar-refractivity contribution is 0.00895. The molecule has 1 aromatic heterocycles. The van der Waals surface area contributed by atoms with Crippen molar-refractivity contribution in [3.8, 4) is 0 Å². The second-order valence-corrected chi connectivity index (χ2v) is 5.78. The van der Waals surface area contributed by atoms with Gasteiger partial charge < -0.3 is 20.1 Å². The molecule has 0 aliphatic carbocycles. The number of nitrogens with zero attached hydrogens (tertiary/aromatic N) is 3. The van der Waals surface area contributed by atoms with Crippen LogP contribution in [0.15, 0.2) is 12.4 Å². The maximum atomic E-state index is 12.6. The van der Waals surface area contributed by atoms with Crippen LogP contribution in [0.1, 0.15) is 29.6 Å². The summed E-state index contributed by atoms with van der Waals surface area (Å²) in [6.45, 7) is 1.89. The Hall–Kier alpha value is -1.73. The van der Waals surface area contributed by atoms with Gasteiger partial charge in [-0.05, 0) is 19.3 Å².